The van der Waals surface area contributed by atoms with Gasteiger partial charge in [0, 0.05) is 15.8 Å². The fourth-order valence-corrected chi connectivity index (χ4v) is 3.47. The van der Waals surface area contributed by atoms with Gasteiger partial charge in [-0.25, -0.2) is 4.98 Å². The Hall–Kier alpha value is -2.48. The summed E-state index contributed by atoms with van der Waals surface area (Å²) in [6.07, 6.45) is 1.21. The van der Waals surface area contributed by atoms with Gasteiger partial charge in [0.05, 0.1) is 6.04 Å². The van der Waals surface area contributed by atoms with E-state index in [9.17, 15) is 10.1 Å². The number of thiophene rings is 1. The summed E-state index contributed by atoms with van der Waals surface area (Å²) in [6, 6.07) is 5.70. The van der Waals surface area contributed by atoms with Crippen LogP contribution in [0.4, 0.5) is 11.6 Å². The second-order valence-corrected chi connectivity index (χ2v) is 6.56. The maximum absolute atomic E-state index is 11.0. The monoisotopic (exact) mass is 317 g/mol. The minimum absolute atomic E-state index is 0.0671. The minimum atomic E-state index is -0.493. The Balaban J connectivity index is 1.92. The first-order valence-electron chi connectivity index (χ1n) is 6.78. The smallest absolute Gasteiger partial charge is 0.360 e. The Labute approximate surface area is 130 Å². The largest absolute Gasteiger partial charge is 0.368 e. The van der Waals surface area contributed by atoms with Gasteiger partial charge in [-0.05, 0) is 43.4 Å². The highest BCUT2D eigenvalue weighted by molar-refractivity contribution is 7.12. The molecule has 0 spiro atoms. The summed E-state index contributed by atoms with van der Waals surface area (Å²) in [6.45, 7) is 6.21. The predicted octanol–water partition coefficient (Wildman–Crippen LogP) is 3.49. The zero-order chi connectivity index (χ0) is 15.9. The molecule has 0 aliphatic rings. The Morgan fingerprint density at radius 2 is 2.18 bits per heavy atom. The van der Waals surface area contributed by atoms with Crippen LogP contribution < -0.4 is 5.32 Å². The summed E-state index contributed by atoms with van der Waals surface area (Å²) in [5.41, 5.74) is 1.66. The van der Waals surface area contributed by atoms with Crippen LogP contribution in [0, 0.1) is 24.0 Å². The van der Waals surface area contributed by atoms with Crippen LogP contribution >= 0.6 is 11.3 Å². The van der Waals surface area contributed by atoms with Gasteiger partial charge >= 0.3 is 5.82 Å². The number of fused-ring (bicyclic) bond motifs is 1. The Morgan fingerprint density at radius 3 is 2.82 bits per heavy atom. The molecule has 0 radical (unpaired) electrons. The summed E-state index contributed by atoms with van der Waals surface area (Å²) in [5, 5.41) is 18.5. The number of imidazole rings is 1. The molecule has 0 aromatic carbocycles. The molecule has 0 saturated carbocycles. The average molecular weight is 317 g/mol. The third-order valence-electron chi connectivity index (χ3n) is 3.44. The molecule has 3 heterocycles. The molecule has 0 bridgehead atoms. The fraction of sp³-hybridized carbons (Fsp3) is 0.286. The molecule has 114 valence electrons. The molecule has 1 unspecified atom stereocenters. The third-order valence-corrected chi connectivity index (χ3v) is 4.42. The van der Waals surface area contributed by atoms with Crippen molar-refractivity contribution in [3.8, 4) is 0 Å². The molecule has 7 nitrogen and oxygen atoms in total. The van der Waals surface area contributed by atoms with Crippen LogP contribution in [0.2, 0.25) is 0 Å². The van der Waals surface area contributed by atoms with Crippen molar-refractivity contribution in [3.63, 3.8) is 0 Å². The SMILES string of the molecule is Cc1cc(C(C)Nc2ccc3ncc([N+](=O)[O-])n3n2)c(C)s1. The van der Waals surface area contributed by atoms with E-state index in [0.29, 0.717) is 11.5 Å². The number of nitro groups is 1. The van der Waals surface area contributed by atoms with Crippen molar-refractivity contribution >= 4 is 28.6 Å². The lowest BCUT2D eigenvalue weighted by molar-refractivity contribution is -0.391. The third kappa shape index (κ3) is 2.52. The second kappa shape index (κ2) is 5.38. The van der Waals surface area contributed by atoms with Crippen molar-refractivity contribution in [2.24, 2.45) is 0 Å². The highest BCUT2D eigenvalue weighted by atomic mass is 32.1. The lowest BCUT2D eigenvalue weighted by Crippen LogP contribution is -2.10. The van der Waals surface area contributed by atoms with Crippen LogP contribution in [-0.4, -0.2) is 19.5 Å². The minimum Gasteiger partial charge on any atom is -0.360 e. The lowest BCUT2D eigenvalue weighted by atomic mass is 10.1. The molecule has 3 rings (SSSR count). The highest BCUT2D eigenvalue weighted by Gasteiger charge is 2.17. The Kier molecular flexibility index (Phi) is 3.53. The van der Waals surface area contributed by atoms with E-state index in [4.69, 9.17) is 0 Å². The number of aryl methyl sites for hydroxylation is 2. The fourth-order valence-electron chi connectivity index (χ4n) is 2.44. The average Bonchev–Trinajstić information content (AvgIpc) is 3.01. The zero-order valence-corrected chi connectivity index (χ0v) is 13.2. The molecule has 0 fully saturated rings. The van der Waals surface area contributed by atoms with Crippen LogP contribution in [0.15, 0.2) is 24.4 Å². The topological polar surface area (TPSA) is 85.4 Å². The molecule has 3 aromatic heterocycles. The first-order chi connectivity index (χ1) is 10.5. The number of nitrogens with zero attached hydrogens (tertiary/aromatic N) is 4. The van der Waals surface area contributed by atoms with E-state index in [1.807, 2.05) is 6.92 Å². The summed E-state index contributed by atoms with van der Waals surface area (Å²) in [5.74, 6) is 0.429. The van der Waals surface area contributed by atoms with Crippen molar-refractivity contribution in [3.05, 3.63) is 49.8 Å². The summed E-state index contributed by atoms with van der Waals surface area (Å²) >= 11 is 1.75. The standard InChI is InChI=1S/C14H15N5O2S/c1-8-6-11(10(3)22-8)9(2)16-12-4-5-13-15-7-14(19(20)21)18(13)17-12/h4-7,9H,1-3H3,(H,16,17). The Bertz CT molecular complexity index is 854. The molecule has 8 heteroatoms. The molecular formula is C14H15N5O2S. The maximum Gasteiger partial charge on any atom is 0.368 e. The Morgan fingerprint density at radius 1 is 1.41 bits per heavy atom. The van der Waals surface area contributed by atoms with Crippen LogP contribution in [0.25, 0.3) is 5.65 Å². The quantitative estimate of drug-likeness (QED) is 0.588. The predicted molar refractivity (Wildman–Crippen MR) is 85.5 cm³/mol. The summed E-state index contributed by atoms with van der Waals surface area (Å²) < 4.78 is 1.24. The van der Waals surface area contributed by atoms with Gasteiger partial charge in [-0.2, -0.15) is 0 Å². The van der Waals surface area contributed by atoms with Gasteiger partial charge in [-0.3, -0.25) is 0 Å². The van der Waals surface area contributed by atoms with Gasteiger partial charge in [-0.15, -0.1) is 11.3 Å². The van der Waals surface area contributed by atoms with Gasteiger partial charge < -0.3 is 15.4 Å². The van der Waals surface area contributed by atoms with Crippen LogP contribution in [0.3, 0.4) is 0 Å². The van der Waals surface area contributed by atoms with Gasteiger partial charge in [0.1, 0.15) is 6.20 Å². The van der Waals surface area contributed by atoms with Crippen LogP contribution in [0.5, 0.6) is 0 Å². The number of rotatable bonds is 4. The normalized spacial score (nSPS) is 12.5. The second-order valence-electron chi connectivity index (χ2n) is 5.10. The number of aromatic nitrogens is 3. The van der Waals surface area contributed by atoms with Gasteiger partial charge in [-0.1, -0.05) is 9.61 Å². The van der Waals surface area contributed by atoms with Crippen molar-refractivity contribution in [2.75, 3.05) is 5.32 Å². The molecule has 0 saturated heterocycles. The molecular weight excluding hydrogens is 302 g/mol. The van der Waals surface area contributed by atoms with E-state index in [2.05, 4.69) is 35.3 Å². The number of hydrogen-bond acceptors (Lipinski definition) is 6. The molecule has 0 amide bonds. The lowest BCUT2D eigenvalue weighted by Gasteiger charge is -2.13. The van der Waals surface area contributed by atoms with E-state index >= 15 is 0 Å². The van der Waals surface area contributed by atoms with Crippen molar-refractivity contribution < 1.29 is 4.92 Å². The summed E-state index contributed by atoms with van der Waals surface area (Å²) in [7, 11) is 0. The van der Waals surface area contributed by atoms with E-state index in [-0.39, 0.29) is 11.9 Å². The van der Waals surface area contributed by atoms with Crippen LogP contribution in [0.1, 0.15) is 28.3 Å². The molecule has 0 aliphatic heterocycles. The van der Waals surface area contributed by atoms with Crippen LogP contribution in [-0.2, 0) is 0 Å². The molecule has 1 N–H and O–H groups in total. The van der Waals surface area contributed by atoms with Crippen molar-refractivity contribution in [2.45, 2.75) is 26.8 Å². The summed E-state index contributed by atoms with van der Waals surface area (Å²) in [4.78, 5) is 17.0. The van der Waals surface area contributed by atoms with E-state index in [1.54, 1.807) is 23.5 Å². The van der Waals surface area contributed by atoms with E-state index in [0.717, 1.165) is 0 Å². The van der Waals surface area contributed by atoms with Gasteiger partial charge in [0.2, 0.25) is 5.65 Å². The zero-order valence-electron chi connectivity index (χ0n) is 12.4. The van der Waals surface area contributed by atoms with Gasteiger partial charge in [0.15, 0.2) is 5.82 Å². The number of anilines is 1. The van der Waals surface area contributed by atoms with E-state index in [1.165, 1.54) is 26.0 Å². The number of nitrogens with one attached hydrogen (secondary N) is 1. The molecule has 0 aliphatic carbocycles. The first-order valence-corrected chi connectivity index (χ1v) is 7.60. The molecule has 22 heavy (non-hydrogen) atoms. The maximum atomic E-state index is 11.0. The van der Waals surface area contributed by atoms with Crippen molar-refractivity contribution in [1.29, 1.82) is 0 Å². The van der Waals surface area contributed by atoms with E-state index < -0.39 is 4.92 Å². The van der Waals surface area contributed by atoms with Gasteiger partial charge in [0.25, 0.3) is 0 Å². The number of hydrogen-bond donors (Lipinski definition) is 1. The first kappa shape index (κ1) is 14.5. The molecule has 1 atom stereocenters. The molecule has 3 aromatic rings. The highest BCUT2D eigenvalue weighted by Crippen LogP contribution is 2.28. The van der Waals surface area contributed by atoms with Crippen molar-refractivity contribution in [1.82, 2.24) is 14.6 Å².